The SMILES string of the molecule is CC1(C)O[C@H]2[C@H](O1)C1[C@H](CC[C@@]3(C)[C@H]1CC[C@@]3(O)c1ccccc1)[C@@]1(C)CC[C@H](O[Si](c3ccccc3)(c3ccccc3)C(C)(C)C)C[C@H]21. The Morgan fingerprint density at radius 1 is 0.673 bits per heavy atom. The lowest BCUT2D eigenvalue weighted by atomic mass is 9.43. The zero-order valence-corrected chi connectivity index (χ0v) is 31.8. The quantitative estimate of drug-likeness (QED) is 0.275. The van der Waals surface area contributed by atoms with Crippen molar-refractivity contribution in [3.05, 3.63) is 96.6 Å². The summed E-state index contributed by atoms with van der Waals surface area (Å²) in [6, 6.07) is 32.8. The van der Waals surface area contributed by atoms with Crippen LogP contribution in [0.25, 0.3) is 0 Å². The normalized spacial score (nSPS) is 39.8. The Morgan fingerprint density at radius 3 is 1.82 bits per heavy atom. The number of aliphatic hydroxyl groups is 1. The summed E-state index contributed by atoms with van der Waals surface area (Å²) >= 11 is 0. The van der Waals surface area contributed by atoms with Gasteiger partial charge in [0.1, 0.15) is 0 Å². The monoisotopic (exact) mass is 678 g/mol. The molecule has 3 aromatic carbocycles. The summed E-state index contributed by atoms with van der Waals surface area (Å²) < 4.78 is 21.9. The van der Waals surface area contributed by atoms with Crippen LogP contribution in [0.1, 0.15) is 99.0 Å². The molecule has 0 spiro atoms. The highest BCUT2D eigenvalue weighted by Crippen LogP contribution is 2.71. The van der Waals surface area contributed by atoms with Gasteiger partial charge in [0.2, 0.25) is 0 Å². The molecule has 0 bridgehead atoms. The molecule has 8 rings (SSSR count). The number of hydrogen-bond donors (Lipinski definition) is 1. The van der Waals surface area contributed by atoms with Crippen molar-refractivity contribution >= 4 is 18.7 Å². The van der Waals surface area contributed by atoms with Crippen molar-refractivity contribution in [2.45, 2.75) is 128 Å². The molecule has 262 valence electrons. The van der Waals surface area contributed by atoms with E-state index in [-0.39, 0.29) is 34.2 Å². The predicted octanol–water partition coefficient (Wildman–Crippen LogP) is 8.60. The lowest BCUT2D eigenvalue weighted by Crippen LogP contribution is -2.69. The van der Waals surface area contributed by atoms with E-state index in [2.05, 4.69) is 139 Å². The summed E-state index contributed by atoms with van der Waals surface area (Å²) in [6.45, 7) is 16.4. The van der Waals surface area contributed by atoms with Gasteiger partial charge in [-0.3, -0.25) is 0 Å². The molecule has 4 saturated carbocycles. The first-order valence-electron chi connectivity index (χ1n) is 19.2. The molecule has 5 heteroatoms. The Balaban J connectivity index is 1.15. The molecular formula is C44H58O4Si. The molecule has 1 aliphatic heterocycles. The molecule has 4 nitrogen and oxygen atoms in total. The van der Waals surface area contributed by atoms with Gasteiger partial charge in [-0.15, -0.1) is 0 Å². The first-order valence-corrected chi connectivity index (χ1v) is 21.1. The molecule has 1 unspecified atom stereocenters. The molecule has 5 fully saturated rings. The molecule has 1 heterocycles. The van der Waals surface area contributed by atoms with Crippen LogP contribution in [0.15, 0.2) is 91.0 Å². The third-order valence-corrected chi connectivity index (χ3v) is 19.7. The van der Waals surface area contributed by atoms with Crippen LogP contribution in [0.5, 0.6) is 0 Å². The average Bonchev–Trinajstić information content (AvgIpc) is 3.56. The molecule has 1 saturated heterocycles. The molecule has 0 amide bonds. The molecule has 0 radical (unpaired) electrons. The first kappa shape index (κ1) is 33.8. The van der Waals surface area contributed by atoms with Gasteiger partial charge in [-0.1, -0.05) is 126 Å². The predicted molar refractivity (Wildman–Crippen MR) is 199 cm³/mol. The van der Waals surface area contributed by atoms with Crippen molar-refractivity contribution in [3.63, 3.8) is 0 Å². The van der Waals surface area contributed by atoms with Gasteiger partial charge < -0.3 is 19.0 Å². The van der Waals surface area contributed by atoms with E-state index in [4.69, 9.17) is 13.9 Å². The molecule has 49 heavy (non-hydrogen) atoms. The van der Waals surface area contributed by atoms with Crippen LogP contribution in [0.4, 0.5) is 0 Å². The second kappa shape index (κ2) is 11.6. The van der Waals surface area contributed by atoms with Gasteiger partial charge in [0.15, 0.2) is 5.79 Å². The van der Waals surface area contributed by atoms with Gasteiger partial charge >= 0.3 is 0 Å². The van der Waals surface area contributed by atoms with Crippen LogP contribution >= 0.6 is 0 Å². The van der Waals surface area contributed by atoms with Crippen LogP contribution in [0.2, 0.25) is 5.04 Å². The molecule has 0 aromatic heterocycles. The van der Waals surface area contributed by atoms with Gasteiger partial charge in [-0.25, -0.2) is 0 Å². The number of benzene rings is 3. The minimum absolute atomic E-state index is 0.0274. The zero-order chi connectivity index (χ0) is 34.5. The second-order valence-electron chi connectivity index (χ2n) is 18.4. The highest BCUT2D eigenvalue weighted by Gasteiger charge is 2.71. The minimum Gasteiger partial charge on any atom is -0.404 e. The molecular weight excluding hydrogens is 621 g/mol. The number of ether oxygens (including phenoxy) is 2. The van der Waals surface area contributed by atoms with E-state index in [9.17, 15) is 5.11 Å². The Labute approximate surface area is 296 Å². The highest BCUT2D eigenvalue weighted by molar-refractivity contribution is 6.99. The van der Waals surface area contributed by atoms with Crippen molar-refractivity contribution in [1.29, 1.82) is 0 Å². The summed E-state index contributed by atoms with van der Waals surface area (Å²) in [7, 11) is -2.69. The molecule has 10 atom stereocenters. The van der Waals surface area contributed by atoms with Crippen LogP contribution in [-0.2, 0) is 19.5 Å². The third-order valence-electron chi connectivity index (χ3n) is 14.7. The number of fused-ring (bicyclic) bond motifs is 8. The molecule has 5 aliphatic rings. The van der Waals surface area contributed by atoms with Gasteiger partial charge in [0.25, 0.3) is 8.32 Å². The second-order valence-corrected chi connectivity index (χ2v) is 22.6. The maximum absolute atomic E-state index is 12.6. The Kier molecular flexibility index (Phi) is 8.02. The van der Waals surface area contributed by atoms with Crippen molar-refractivity contribution in [1.82, 2.24) is 0 Å². The van der Waals surface area contributed by atoms with Gasteiger partial charge in [-0.05, 0) is 109 Å². The highest BCUT2D eigenvalue weighted by atomic mass is 28.4. The Morgan fingerprint density at radius 2 is 1.22 bits per heavy atom. The minimum atomic E-state index is -2.69. The van der Waals surface area contributed by atoms with Gasteiger partial charge in [0, 0.05) is 11.5 Å². The summed E-state index contributed by atoms with van der Waals surface area (Å²) in [6.07, 6.45) is 7.46. The van der Waals surface area contributed by atoms with E-state index < -0.39 is 19.7 Å². The van der Waals surface area contributed by atoms with E-state index in [1.807, 2.05) is 0 Å². The smallest absolute Gasteiger partial charge is 0.261 e. The van der Waals surface area contributed by atoms with E-state index in [0.29, 0.717) is 23.7 Å². The van der Waals surface area contributed by atoms with E-state index >= 15 is 0 Å². The van der Waals surface area contributed by atoms with Crippen molar-refractivity contribution < 1.29 is 19.0 Å². The van der Waals surface area contributed by atoms with Crippen molar-refractivity contribution in [3.8, 4) is 0 Å². The summed E-state index contributed by atoms with van der Waals surface area (Å²) in [4.78, 5) is 0. The Bertz CT molecular complexity index is 1600. The fraction of sp³-hybridized carbons (Fsp3) is 0.591. The third kappa shape index (κ3) is 4.96. The summed E-state index contributed by atoms with van der Waals surface area (Å²) in [5, 5.41) is 15.2. The number of rotatable bonds is 5. The Hall–Kier alpha value is -2.28. The standard InChI is InChI=1S/C44H58O4Si/c1-40(2,3)49(32-19-13-9-14-20-32,33-21-15-10-16-22-33)48-31-23-26-42(6)34-24-27-43(7)35(25-28-44(43,45)30-17-11-8-12-18-30)37(34)39-38(36(42)29-31)46-41(4,5)47-39/h8-22,31,34-39,45H,23-29H2,1-7H3/t31-,34-,35-,36+,37?,38+,39+,42+,43-,44+/m0/s1. The fourth-order valence-electron chi connectivity index (χ4n) is 12.4. The van der Waals surface area contributed by atoms with Gasteiger partial charge in [0.05, 0.1) is 17.8 Å². The van der Waals surface area contributed by atoms with Crippen LogP contribution < -0.4 is 10.4 Å². The fourth-order valence-corrected chi connectivity index (χ4v) is 17.1. The van der Waals surface area contributed by atoms with Gasteiger partial charge in [-0.2, -0.15) is 0 Å². The van der Waals surface area contributed by atoms with Crippen LogP contribution in [-0.4, -0.2) is 37.5 Å². The zero-order valence-electron chi connectivity index (χ0n) is 30.8. The maximum Gasteiger partial charge on any atom is 0.261 e. The van der Waals surface area contributed by atoms with Crippen molar-refractivity contribution in [2.24, 2.45) is 34.5 Å². The molecule has 1 N–H and O–H groups in total. The molecule has 4 aliphatic carbocycles. The lowest BCUT2D eigenvalue weighted by Gasteiger charge is -2.64. The first-order chi connectivity index (χ1) is 23.2. The summed E-state index contributed by atoms with van der Waals surface area (Å²) in [5.74, 6) is 1.04. The van der Waals surface area contributed by atoms with Crippen LogP contribution in [0.3, 0.4) is 0 Å². The topological polar surface area (TPSA) is 47.9 Å². The van der Waals surface area contributed by atoms with E-state index in [1.165, 1.54) is 10.4 Å². The average molecular weight is 679 g/mol. The molecule has 3 aromatic rings. The largest absolute Gasteiger partial charge is 0.404 e. The van der Waals surface area contributed by atoms with E-state index in [1.54, 1.807) is 0 Å². The maximum atomic E-state index is 12.6. The van der Waals surface area contributed by atoms with Crippen LogP contribution in [0, 0.1) is 34.5 Å². The van der Waals surface area contributed by atoms with E-state index in [0.717, 1.165) is 50.5 Å². The summed E-state index contributed by atoms with van der Waals surface area (Å²) in [5.41, 5.74) is 0.214. The van der Waals surface area contributed by atoms with Crippen molar-refractivity contribution in [2.75, 3.05) is 0 Å². The lowest BCUT2D eigenvalue weighted by molar-refractivity contribution is -0.205. The number of hydrogen-bond acceptors (Lipinski definition) is 4.